The monoisotopic (exact) mass is 378 g/mol. The first-order valence-corrected chi connectivity index (χ1v) is 9.28. The van der Waals surface area contributed by atoms with Gasteiger partial charge in [0, 0.05) is 42.8 Å². The van der Waals surface area contributed by atoms with E-state index in [9.17, 15) is 4.79 Å². The molecule has 9 nitrogen and oxygen atoms in total. The predicted molar refractivity (Wildman–Crippen MR) is 104 cm³/mol. The molecule has 0 spiro atoms. The van der Waals surface area contributed by atoms with Gasteiger partial charge in [-0.15, -0.1) is 0 Å². The van der Waals surface area contributed by atoms with E-state index in [2.05, 4.69) is 25.6 Å². The van der Waals surface area contributed by atoms with E-state index >= 15 is 0 Å². The number of aryl methyl sites for hydroxylation is 2. The Bertz CT molecular complexity index is 1140. The lowest BCUT2D eigenvalue weighted by Crippen LogP contribution is -2.23. The first-order chi connectivity index (χ1) is 13.6. The van der Waals surface area contributed by atoms with Gasteiger partial charge in [0.15, 0.2) is 11.3 Å². The third kappa shape index (κ3) is 3.15. The van der Waals surface area contributed by atoms with Gasteiger partial charge in [-0.2, -0.15) is 15.3 Å². The lowest BCUT2D eigenvalue weighted by molar-refractivity contribution is 0.0945. The molecule has 144 valence electrons. The molecule has 4 aromatic rings. The van der Waals surface area contributed by atoms with Gasteiger partial charge in [0.1, 0.15) is 0 Å². The molecule has 0 aliphatic rings. The summed E-state index contributed by atoms with van der Waals surface area (Å²) < 4.78 is 5.43. The van der Waals surface area contributed by atoms with E-state index in [1.54, 1.807) is 16.8 Å². The van der Waals surface area contributed by atoms with Gasteiger partial charge in [0.05, 0.1) is 24.1 Å². The molecule has 0 aromatic carbocycles. The summed E-state index contributed by atoms with van der Waals surface area (Å²) in [7, 11) is 0. The van der Waals surface area contributed by atoms with E-state index in [1.165, 1.54) is 0 Å². The summed E-state index contributed by atoms with van der Waals surface area (Å²) in [6, 6.07) is 5.45. The zero-order valence-electron chi connectivity index (χ0n) is 16.1. The molecule has 4 rings (SSSR count). The second kappa shape index (κ2) is 7.26. The van der Waals surface area contributed by atoms with Crippen LogP contribution in [0.2, 0.25) is 0 Å². The number of carbonyl (C=O) groups is 1. The summed E-state index contributed by atoms with van der Waals surface area (Å²) in [4.78, 5) is 16.9. The fourth-order valence-corrected chi connectivity index (χ4v) is 3.16. The lowest BCUT2D eigenvalue weighted by Gasteiger charge is -2.04. The molecule has 4 heterocycles. The molecular formula is C19H22N8O. The highest BCUT2D eigenvalue weighted by Gasteiger charge is 2.16. The predicted octanol–water partition coefficient (Wildman–Crippen LogP) is 2.07. The highest BCUT2D eigenvalue weighted by molar-refractivity contribution is 5.93. The molecule has 4 aromatic heterocycles. The number of fused-ring (bicyclic) bond motifs is 1. The number of nitrogens with zero attached hydrogens (tertiary/aromatic N) is 7. The van der Waals surface area contributed by atoms with E-state index in [1.807, 2.05) is 54.7 Å². The van der Waals surface area contributed by atoms with Crippen LogP contribution in [0.3, 0.4) is 0 Å². The van der Waals surface area contributed by atoms with E-state index < -0.39 is 0 Å². The van der Waals surface area contributed by atoms with Crippen molar-refractivity contribution in [1.29, 1.82) is 0 Å². The van der Waals surface area contributed by atoms with E-state index in [4.69, 9.17) is 0 Å². The number of rotatable bonds is 6. The minimum atomic E-state index is -0.261. The largest absolute Gasteiger partial charge is 0.345 e. The molecule has 0 fully saturated rings. The quantitative estimate of drug-likeness (QED) is 0.554. The standard InChI is InChI=1S/C19H22N8O/c1-4-25-9-7-14(23-25)11-21-19(28)16-10-18-20-8-6-17(27(18)24-16)15-12-22-26(5-2)13(15)3/h6-10,12H,4-5,11H2,1-3H3,(H,21,28). The van der Waals surface area contributed by atoms with Crippen LogP contribution in [-0.4, -0.2) is 40.1 Å². The summed E-state index contributed by atoms with van der Waals surface area (Å²) in [5.41, 5.74) is 4.60. The van der Waals surface area contributed by atoms with Crippen molar-refractivity contribution < 1.29 is 4.79 Å². The maximum absolute atomic E-state index is 12.6. The maximum Gasteiger partial charge on any atom is 0.272 e. The zero-order valence-corrected chi connectivity index (χ0v) is 16.1. The molecule has 0 aliphatic heterocycles. The van der Waals surface area contributed by atoms with Crippen molar-refractivity contribution in [3.8, 4) is 11.3 Å². The van der Waals surface area contributed by atoms with Gasteiger partial charge in [0.2, 0.25) is 0 Å². The van der Waals surface area contributed by atoms with Crippen molar-refractivity contribution in [1.82, 2.24) is 39.5 Å². The number of hydrogen-bond donors (Lipinski definition) is 1. The molecule has 0 bridgehead atoms. The second-order valence-corrected chi connectivity index (χ2v) is 6.43. The van der Waals surface area contributed by atoms with Gasteiger partial charge in [-0.1, -0.05) is 0 Å². The molecule has 0 radical (unpaired) electrons. The molecule has 0 saturated carbocycles. The van der Waals surface area contributed by atoms with Gasteiger partial charge in [-0.25, -0.2) is 9.50 Å². The van der Waals surface area contributed by atoms with Gasteiger partial charge < -0.3 is 5.32 Å². The Morgan fingerprint density at radius 2 is 2.04 bits per heavy atom. The van der Waals surface area contributed by atoms with Crippen LogP contribution in [-0.2, 0) is 19.6 Å². The molecular weight excluding hydrogens is 356 g/mol. The van der Waals surface area contributed by atoms with Gasteiger partial charge in [-0.05, 0) is 32.9 Å². The van der Waals surface area contributed by atoms with Crippen LogP contribution in [0, 0.1) is 6.92 Å². The number of hydrogen-bond acceptors (Lipinski definition) is 5. The summed E-state index contributed by atoms with van der Waals surface area (Å²) in [6.07, 6.45) is 5.43. The molecule has 0 aliphatic carbocycles. The third-order valence-electron chi connectivity index (χ3n) is 4.72. The first kappa shape index (κ1) is 17.9. The van der Waals surface area contributed by atoms with Crippen molar-refractivity contribution in [2.24, 2.45) is 0 Å². The average Bonchev–Trinajstić information content (AvgIpc) is 3.43. The van der Waals surface area contributed by atoms with E-state index in [-0.39, 0.29) is 5.91 Å². The molecule has 0 saturated heterocycles. The molecule has 0 atom stereocenters. The smallest absolute Gasteiger partial charge is 0.272 e. The summed E-state index contributed by atoms with van der Waals surface area (Å²) >= 11 is 0. The number of nitrogens with one attached hydrogen (secondary N) is 1. The van der Waals surface area contributed by atoms with Crippen molar-refractivity contribution in [2.75, 3.05) is 0 Å². The Hall–Kier alpha value is -3.49. The van der Waals surface area contributed by atoms with Crippen molar-refractivity contribution in [3.05, 3.63) is 53.9 Å². The minimum absolute atomic E-state index is 0.261. The SMILES string of the molecule is CCn1ccc(CNC(=O)c2cc3nccc(-c4cnn(CC)c4C)n3n2)n1. The third-order valence-corrected chi connectivity index (χ3v) is 4.72. The van der Waals surface area contributed by atoms with Crippen molar-refractivity contribution >= 4 is 11.6 Å². The lowest BCUT2D eigenvalue weighted by atomic mass is 10.2. The number of amides is 1. The van der Waals surface area contributed by atoms with Gasteiger partial charge in [-0.3, -0.25) is 14.2 Å². The zero-order chi connectivity index (χ0) is 19.7. The Labute approximate surface area is 162 Å². The highest BCUT2D eigenvalue weighted by Crippen LogP contribution is 2.23. The summed E-state index contributed by atoms with van der Waals surface area (Å²) in [5.74, 6) is -0.261. The van der Waals surface area contributed by atoms with Crippen LogP contribution in [0.5, 0.6) is 0 Å². The van der Waals surface area contributed by atoms with Crippen molar-refractivity contribution in [2.45, 2.75) is 40.4 Å². The fourth-order valence-electron chi connectivity index (χ4n) is 3.16. The Balaban J connectivity index is 1.60. The van der Waals surface area contributed by atoms with Gasteiger partial charge in [0.25, 0.3) is 5.91 Å². The topological polar surface area (TPSA) is 94.9 Å². The molecule has 0 unspecified atom stereocenters. The van der Waals surface area contributed by atoms with E-state index in [0.717, 1.165) is 35.7 Å². The molecule has 9 heteroatoms. The summed E-state index contributed by atoms with van der Waals surface area (Å²) in [5, 5.41) is 16.1. The van der Waals surface area contributed by atoms with Crippen LogP contribution in [0.25, 0.3) is 16.9 Å². The molecule has 1 amide bonds. The summed E-state index contributed by atoms with van der Waals surface area (Å²) in [6.45, 7) is 8.02. The molecule has 1 N–H and O–H groups in total. The van der Waals surface area contributed by atoms with Crippen LogP contribution in [0.15, 0.2) is 36.8 Å². The van der Waals surface area contributed by atoms with Crippen LogP contribution in [0.4, 0.5) is 0 Å². The van der Waals surface area contributed by atoms with Crippen LogP contribution in [0.1, 0.15) is 35.7 Å². The normalized spacial score (nSPS) is 11.2. The van der Waals surface area contributed by atoms with Crippen molar-refractivity contribution in [3.63, 3.8) is 0 Å². The van der Waals surface area contributed by atoms with E-state index in [0.29, 0.717) is 17.9 Å². The first-order valence-electron chi connectivity index (χ1n) is 9.28. The van der Waals surface area contributed by atoms with Gasteiger partial charge >= 0.3 is 0 Å². The Kier molecular flexibility index (Phi) is 4.64. The molecule has 28 heavy (non-hydrogen) atoms. The Morgan fingerprint density at radius 3 is 2.75 bits per heavy atom. The van der Waals surface area contributed by atoms with Crippen LogP contribution >= 0.6 is 0 Å². The minimum Gasteiger partial charge on any atom is -0.345 e. The fraction of sp³-hybridized carbons (Fsp3) is 0.316. The average molecular weight is 378 g/mol. The second-order valence-electron chi connectivity index (χ2n) is 6.43. The number of carbonyl (C=O) groups excluding carboxylic acids is 1. The van der Waals surface area contributed by atoms with Crippen LogP contribution < -0.4 is 5.32 Å². The highest BCUT2D eigenvalue weighted by atomic mass is 16.1. The number of aromatic nitrogens is 7. The Morgan fingerprint density at radius 1 is 1.18 bits per heavy atom. The maximum atomic E-state index is 12.6.